The molecule has 1 heterocycles. The quantitative estimate of drug-likeness (QED) is 0.201. The van der Waals surface area contributed by atoms with E-state index in [0.717, 1.165) is 12.8 Å². The van der Waals surface area contributed by atoms with E-state index >= 15 is 0 Å². The van der Waals surface area contributed by atoms with Crippen molar-refractivity contribution >= 4 is 28.3 Å². The number of benzene rings is 1. The van der Waals surface area contributed by atoms with Gasteiger partial charge in [0.2, 0.25) is 0 Å². The molecule has 0 N–H and O–H groups in total. The number of hydrogen-bond acceptors (Lipinski definition) is 11. The maximum Gasteiger partial charge on any atom is 0.308 e. The molecule has 262 valence electrons. The van der Waals surface area contributed by atoms with Crippen LogP contribution in [0.25, 0.3) is 0 Å². The first-order chi connectivity index (χ1) is 22.2. The van der Waals surface area contributed by atoms with E-state index in [-0.39, 0.29) is 42.7 Å². The van der Waals surface area contributed by atoms with Gasteiger partial charge >= 0.3 is 5.97 Å². The van der Waals surface area contributed by atoms with Gasteiger partial charge in [-0.2, -0.15) is 0 Å². The molecule has 1 saturated heterocycles. The molecular formula is C34H54O11S. The van der Waals surface area contributed by atoms with E-state index in [2.05, 4.69) is 0 Å². The van der Waals surface area contributed by atoms with E-state index in [1.54, 1.807) is 24.3 Å². The van der Waals surface area contributed by atoms with E-state index in [9.17, 15) is 18.6 Å². The predicted molar refractivity (Wildman–Crippen MR) is 175 cm³/mol. The second-order valence-electron chi connectivity index (χ2n) is 12.0. The molecule has 1 fully saturated rings. The monoisotopic (exact) mass is 670 g/mol. The zero-order chi connectivity index (χ0) is 33.5. The molecule has 0 amide bonds. The van der Waals surface area contributed by atoms with Crippen molar-refractivity contribution in [2.24, 2.45) is 5.92 Å². The summed E-state index contributed by atoms with van der Waals surface area (Å²) in [6.07, 6.45) is 3.10. The number of esters is 1. The Hall–Kier alpha value is -2.06. The maximum absolute atomic E-state index is 13.5. The van der Waals surface area contributed by atoms with Gasteiger partial charge in [0.1, 0.15) is 5.60 Å². The minimum Gasteiger partial charge on any atom is -0.460 e. The largest absolute Gasteiger partial charge is 0.460 e. The van der Waals surface area contributed by atoms with Crippen molar-refractivity contribution in [2.45, 2.75) is 64.9 Å². The molecule has 12 heteroatoms. The lowest BCUT2D eigenvalue weighted by atomic mass is 9.93. The first-order valence-electron chi connectivity index (χ1n) is 16.4. The van der Waals surface area contributed by atoms with Gasteiger partial charge in [0, 0.05) is 59.0 Å². The Morgan fingerprint density at radius 2 is 1.28 bits per heavy atom. The van der Waals surface area contributed by atoms with Gasteiger partial charge in [-0.3, -0.25) is 18.6 Å². The van der Waals surface area contributed by atoms with Crippen molar-refractivity contribution in [2.75, 3.05) is 90.8 Å². The number of ketones is 2. The molecule has 2 unspecified atom stereocenters. The molecule has 0 aromatic heterocycles. The average molecular weight is 671 g/mol. The third kappa shape index (κ3) is 19.6. The van der Waals surface area contributed by atoms with Crippen LogP contribution in [0.5, 0.6) is 0 Å². The Balaban J connectivity index is 1.83. The third-order valence-corrected chi connectivity index (χ3v) is 8.24. The number of ether oxygens (including phenoxy) is 7. The van der Waals surface area contributed by atoms with Crippen molar-refractivity contribution in [3.63, 3.8) is 0 Å². The summed E-state index contributed by atoms with van der Waals surface area (Å²) >= 11 is 0. The summed E-state index contributed by atoms with van der Waals surface area (Å²) < 4.78 is 51.3. The summed E-state index contributed by atoms with van der Waals surface area (Å²) in [5.41, 5.74) is 0.488. The zero-order valence-electron chi connectivity index (χ0n) is 27.9. The number of rotatable bonds is 10. The molecule has 1 aromatic carbocycles. The smallest absolute Gasteiger partial charge is 0.308 e. The first-order valence-corrected chi connectivity index (χ1v) is 17.9. The minimum atomic E-state index is -1.23. The summed E-state index contributed by atoms with van der Waals surface area (Å²) in [4.78, 5) is 37.9. The molecule has 1 aliphatic rings. The van der Waals surface area contributed by atoms with Crippen molar-refractivity contribution in [1.29, 1.82) is 0 Å². The van der Waals surface area contributed by atoms with Gasteiger partial charge in [-0.25, -0.2) is 0 Å². The second-order valence-corrected chi connectivity index (χ2v) is 13.6. The summed E-state index contributed by atoms with van der Waals surface area (Å²) in [7, 11) is -1.23. The SMILES string of the molecule is CC(C)(C)OC(=O)CCOCCCC(=O)c1ccc(C(=O)C2CCCCOCCOCCOCCOCCOCCS(=O)C2)cc1. The van der Waals surface area contributed by atoms with Gasteiger partial charge in [-0.15, -0.1) is 0 Å². The van der Waals surface area contributed by atoms with Crippen molar-refractivity contribution in [3.05, 3.63) is 35.4 Å². The highest BCUT2D eigenvalue weighted by atomic mass is 32.2. The van der Waals surface area contributed by atoms with Crippen molar-refractivity contribution in [3.8, 4) is 0 Å². The van der Waals surface area contributed by atoms with Crippen LogP contribution in [0.4, 0.5) is 0 Å². The molecule has 0 bridgehead atoms. The number of carbonyl (C=O) groups excluding carboxylic acids is 3. The molecule has 46 heavy (non-hydrogen) atoms. The van der Waals surface area contributed by atoms with E-state index in [4.69, 9.17) is 33.2 Å². The normalized spacial score (nSPS) is 20.9. The Bertz CT molecular complexity index is 1020. The first kappa shape index (κ1) is 40.1. The van der Waals surface area contributed by atoms with Crippen LogP contribution in [-0.2, 0) is 48.8 Å². The molecule has 2 atom stereocenters. The maximum atomic E-state index is 13.5. The van der Waals surface area contributed by atoms with Gasteiger partial charge in [0.15, 0.2) is 11.6 Å². The Kier molecular flexibility index (Phi) is 21.0. The van der Waals surface area contributed by atoms with Crippen LogP contribution >= 0.6 is 0 Å². The highest BCUT2D eigenvalue weighted by Crippen LogP contribution is 2.19. The highest BCUT2D eigenvalue weighted by Gasteiger charge is 2.23. The molecular weight excluding hydrogens is 616 g/mol. The van der Waals surface area contributed by atoms with Gasteiger partial charge < -0.3 is 33.2 Å². The topological polar surface area (TPSA) is 133 Å². The lowest BCUT2D eigenvalue weighted by Gasteiger charge is -2.19. The lowest BCUT2D eigenvalue weighted by molar-refractivity contribution is -0.156. The zero-order valence-corrected chi connectivity index (χ0v) is 28.7. The van der Waals surface area contributed by atoms with Crippen molar-refractivity contribution in [1.82, 2.24) is 0 Å². The van der Waals surface area contributed by atoms with Crippen LogP contribution in [0.1, 0.15) is 80.0 Å². The summed E-state index contributed by atoms with van der Waals surface area (Å²) in [5, 5.41) is 0. The number of carbonyl (C=O) groups is 3. The van der Waals surface area contributed by atoms with E-state index in [1.807, 2.05) is 20.8 Å². The standard InChI is InChI=1S/C34H54O11S/c1-34(2,3)45-32(36)13-16-39-15-6-8-31(35)28-9-11-29(12-10-28)33(37)30-7-4-5-14-40-17-18-41-19-20-42-21-22-43-23-24-44-25-26-46(38)27-30/h9-12,30H,4-8,13-27H2,1-3H3. The molecule has 1 aromatic rings. The molecule has 11 nitrogen and oxygen atoms in total. The fourth-order valence-corrected chi connectivity index (χ4v) is 5.75. The Morgan fingerprint density at radius 1 is 0.739 bits per heavy atom. The fourth-order valence-electron chi connectivity index (χ4n) is 4.51. The van der Waals surface area contributed by atoms with Crippen LogP contribution in [0, 0.1) is 5.92 Å². The average Bonchev–Trinajstić information content (AvgIpc) is 3.01. The van der Waals surface area contributed by atoms with Crippen LogP contribution < -0.4 is 0 Å². The van der Waals surface area contributed by atoms with Crippen molar-refractivity contribution < 1.29 is 51.8 Å². The van der Waals surface area contributed by atoms with Crippen LogP contribution in [0.3, 0.4) is 0 Å². The third-order valence-electron chi connectivity index (χ3n) is 6.85. The summed E-state index contributed by atoms with van der Waals surface area (Å²) in [5.74, 6) is -0.261. The predicted octanol–water partition coefficient (Wildman–Crippen LogP) is 4.21. The van der Waals surface area contributed by atoms with Crippen LogP contribution in [0.2, 0.25) is 0 Å². The van der Waals surface area contributed by atoms with Gasteiger partial charge in [0.25, 0.3) is 0 Å². The lowest BCUT2D eigenvalue weighted by Crippen LogP contribution is -2.24. The van der Waals surface area contributed by atoms with Crippen LogP contribution in [0.15, 0.2) is 24.3 Å². The second kappa shape index (κ2) is 24.1. The molecule has 0 radical (unpaired) electrons. The van der Waals surface area contributed by atoms with E-state index in [1.165, 1.54) is 0 Å². The highest BCUT2D eigenvalue weighted by molar-refractivity contribution is 7.85. The molecule has 0 saturated carbocycles. The Morgan fingerprint density at radius 3 is 1.87 bits per heavy atom. The summed E-state index contributed by atoms with van der Waals surface area (Å²) in [6, 6.07) is 6.69. The molecule has 1 aliphatic heterocycles. The van der Waals surface area contributed by atoms with Gasteiger partial charge in [0.05, 0.1) is 72.5 Å². The fraction of sp³-hybridized carbons (Fsp3) is 0.735. The van der Waals surface area contributed by atoms with Crippen LogP contribution in [-0.4, -0.2) is 118 Å². The molecule has 2 rings (SSSR count). The van der Waals surface area contributed by atoms with E-state index in [0.29, 0.717) is 102 Å². The number of Topliss-reactive ketones (excluding diaryl/α,β-unsaturated/α-hetero) is 2. The molecule has 0 spiro atoms. The number of hydrogen-bond donors (Lipinski definition) is 0. The van der Waals surface area contributed by atoms with E-state index < -0.39 is 22.3 Å². The van der Waals surface area contributed by atoms with Gasteiger partial charge in [-0.05, 0) is 40.0 Å². The van der Waals surface area contributed by atoms with Gasteiger partial charge in [-0.1, -0.05) is 30.7 Å². The summed E-state index contributed by atoms with van der Waals surface area (Å²) in [6.45, 7) is 10.7. The minimum absolute atomic E-state index is 0.0475. The Labute approximate surface area is 276 Å². The molecule has 0 aliphatic carbocycles.